The zero-order valence-corrected chi connectivity index (χ0v) is 12.7. The summed E-state index contributed by atoms with van der Waals surface area (Å²) in [6.07, 6.45) is 0.534. The number of carbonyl (C=O) groups excluding carboxylic acids is 1. The smallest absolute Gasteiger partial charge is 0.227 e. The molecular weight excluding hydrogens is 288 g/mol. The van der Waals surface area contributed by atoms with Gasteiger partial charge in [-0.15, -0.1) is 11.3 Å². The first-order valence-electron chi connectivity index (χ1n) is 7.02. The standard InChI is InChI=1S/C15H18N2O3S/c1-10-5-12(20-16-10)6-11-8-17(9-14(11)18)15(19)7-13-3-2-4-21-13/h2-5,11,14,18H,6-9H2,1H3/t11-,14-/m1/s1. The first kappa shape index (κ1) is 14.3. The zero-order chi connectivity index (χ0) is 14.8. The van der Waals surface area contributed by atoms with Crippen LogP contribution in [-0.4, -0.2) is 40.3 Å². The van der Waals surface area contributed by atoms with Crippen molar-refractivity contribution in [2.45, 2.75) is 25.9 Å². The minimum absolute atomic E-state index is 0.0182. The maximum absolute atomic E-state index is 12.2. The number of aryl methyl sites for hydroxylation is 1. The van der Waals surface area contributed by atoms with Crippen molar-refractivity contribution in [2.75, 3.05) is 13.1 Å². The van der Waals surface area contributed by atoms with E-state index in [4.69, 9.17) is 4.52 Å². The maximum atomic E-state index is 12.2. The molecule has 0 aromatic carbocycles. The molecule has 1 aliphatic heterocycles. The van der Waals surface area contributed by atoms with Crippen molar-refractivity contribution in [2.24, 2.45) is 5.92 Å². The Kier molecular flexibility index (Phi) is 4.07. The van der Waals surface area contributed by atoms with E-state index in [2.05, 4.69) is 5.16 Å². The van der Waals surface area contributed by atoms with Crippen LogP contribution in [0.1, 0.15) is 16.3 Å². The number of amides is 1. The highest BCUT2D eigenvalue weighted by Crippen LogP contribution is 2.23. The number of hydrogen-bond donors (Lipinski definition) is 1. The second-order valence-electron chi connectivity index (χ2n) is 5.52. The molecule has 2 aromatic rings. The molecule has 0 unspecified atom stereocenters. The lowest BCUT2D eigenvalue weighted by molar-refractivity contribution is -0.129. The van der Waals surface area contributed by atoms with Crippen molar-refractivity contribution >= 4 is 17.2 Å². The van der Waals surface area contributed by atoms with Crippen LogP contribution >= 0.6 is 11.3 Å². The predicted octanol–water partition coefficient (Wildman–Crippen LogP) is 1.65. The van der Waals surface area contributed by atoms with Gasteiger partial charge in [-0.25, -0.2) is 0 Å². The van der Waals surface area contributed by atoms with Crippen LogP contribution in [0.3, 0.4) is 0 Å². The Balaban J connectivity index is 1.58. The topological polar surface area (TPSA) is 66.6 Å². The summed E-state index contributed by atoms with van der Waals surface area (Å²) in [5.41, 5.74) is 0.836. The normalized spacial score (nSPS) is 21.9. The Morgan fingerprint density at radius 1 is 1.57 bits per heavy atom. The molecule has 1 saturated heterocycles. The van der Waals surface area contributed by atoms with E-state index in [1.54, 1.807) is 16.2 Å². The van der Waals surface area contributed by atoms with Gasteiger partial charge in [0, 0.05) is 36.4 Å². The SMILES string of the molecule is Cc1cc(C[C@@H]2CN(C(=O)Cc3cccs3)C[C@H]2O)on1. The summed E-state index contributed by atoms with van der Waals surface area (Å²) in [6, 6.07) is 5.79. The summed E-state index contributed by atoms with van der Waals surface area (Å²) in [4.78, 5) is 15.1. The molecule has 0 spiro atoms. The summed E-state index contributed by atoms with van der Waals surface area (Å²) in [7, 11) is 0. The molecule has 1 fully saturated rings. The van der Waals surface area contributed by atoms with Crippen molar-refractivity contribution in [1.82, 2.24) is 10.1 Å². The van der Waals surface area contributed by atoms with Crippen LogP contribution in [0.2, 0.25) is 0 Å². The quantitative estimate of drug-likeness (QED) is 0.932. The van der Waals surface area contributed by atoms with Gasteiger partial charge in [0.1, 0.15) is 5.76 Å². The molecule has 0 radical (unpaired) electrons. The van der Waals surface area contributed by atoms with E-state index >= 15 is 0 Å². The Bertz CT molecular complexity index is 608. The fourth-order valence-electron chi connectivity index (χ4n) is 2.70. The molecule has 112 valence electrons. The highest BCUT2D eigenvalue weighted by Gasteiger charge is 2.34. The van der Waals surface area contributed by atoms with E-state index in [1.165, 1.54) is 0 Å². The Morgan fingerprint density at radius 3 is 3.10 bits per heavy atom. The molecule has 1 N–H and O–H groups in total. The van der Waals surface area contributed by atoms with E-state index in [0.717, 1.165) is 16.3 Å². The Hall–Kier alpha value is -1.66. The Morgan fingerprint density at radius 2 is 2.43 bits per heavy atom. The summed E-state index contributed by atoms with van der Waals surface area (Å²) in [6.45, 7) is 2.85. The number of carbonyl (C=O) groups is 1. The van der Waals surface area contributed by atoms with Crippen molar-refractivity contribution in [3.8, 4) is 0 Å². The van der Waals surface area contributed by atoms with E-state index in [0.29, 0.717) is 25.9 Å². The third kappa shape index (κ3) is 3.33. The number of hydrogen-bond acceptors (Lipinski definition) is 5. The first-order valence-corrected chi connectivity index (χ1v) is 7.90. The van der Waals surface area contributed by atoms with E-state index in [1.807, 2.05) is 30.5 Å². The molecular formula is C15H18N2O3S. The lowest BCUT2D eigenvalue weighted by Gasteiger charge is -2.15. The van der Waals surface area contributed by atoms with Gasteiger partial charge < -0.3 is 14.5 Å². The molecule has 0 bridgehead atoms. The molecule has 1 amide bonds. The maximum Gasteiger partial charge on any atom is 0.227 e. The lowest BCUT2D eigenvalue weighted by Crippen LogP contribution is -2.30. The van der Waals surface area contributed by atoms with Crippen molar-refractivity contribution in [3.63, 3.8) is 0 Å². The molecule has 2 atom stereocenters. The van der Waals surface area contributed by atoms with Gasteiger partial charge in [-0.3, -0.25) is 4.79 Å². The van der Waals surface area contributed by atoms with E-state index < -0.39 is 6.10 Å². The number of β-amino-alcohol motifs (C(OH)–C–C–N with tert-alkyl or cyclic N) is 1. The van der Waals surface area contributed by atoms with Crippen LogP contribution in [0, 0.1) is 12.8 Å². The van der Waals surface area contributed by atoms with Crippen molar-refractivity contribution < 1.29 is 14.4 Å². The predicted molar refractivity (Wildman–Crippen MR) is 79.0 cm³/mol. The molecule has 6 heteroatoms. The summed E-state index contributed by atoms with van der Waals surface area (Å²) >= 11 is 1.58. The van der Waals surface area contributed by atoms with Crippen molar-refractivity contribution in [1.29, 1.82) is 0 Å². The first-order chi connectivity index (χ1) is 10.1. The molecule has 3 heterocycles. The van der Waals surface area contributed by atoms with Crippen LogP contribution in [0.4, 0.5) is 0 Å². The lowest BCUT2D eigenvalue weighted by atomic mass is 10.0. The second-order valence-corrected chi connectivity index (χ2v) is 6.55. The molecule has 0 saturated carbocycles. The largest absolute Gasteiger partial charge is 0.391 e. The van der Waals surface area contributed by atoms with Crippen LogP contribution in [0.15, 0.2) is 28.1 Å². The highest BCUT2D eigenvalue weighted by atomic mass is 32.1. The summed E-state index contributed by atoms with van der Waals surface area (Å²) < 4.78 is 5.19. The number of thiophene rings is 1. The van der Waals surface area contributed by atoms with Gasteiger partial charge in [-0.05, 0) is 18.4 Å². The highest BCUT2D eigenvalue weighted by molar-refractivity contribution is 7.10. The monoisotopic (exact) mass is 306 g/mol. The summed E-state index contributed by atoms with van der Waals surface area (Å²) in [5.74, 6) is 0.862. The van der Waals surface area contributed by atoms with Gasteiger partial charge in [0.2, 0.25) is 5.91 Å². The number of aromatic nitrogens is 1. The molecule has 3 rings (SSSR count). The molecule has 1 aliphatic rings. The van der Waals surface area contributed by atoms with Gasteiger partial charge in [0.25, 0.3) is 0 Å². The van der Waals surface area contributed by atoms with Gasteiger partial charge in [-0.2, -0.15) is 0 Å². The second kappa shape index (κ2) is 5.99. The van der Waals surface area contributed by atoms with Crippen LogP contribution in [-0.2, 0) is 17.6 Å². The van der Waals surface area contributed by atoms with E-state index in [-0.39, 0.29) is 11.8 Å². The number of aliphatic hydroxyl groups is 1. The molecule has 5 nitrogen and oxygen atoms in total. The van der Waals surface area contributed by atoms with E-state index in [9.17, 15) is 9.90 Å². The summed E-state index contributed by atoms with van der Waals surface area (Å²) in [5, 5.41) is 16.0. The minimum Gasteiger partial charge on any atom is -0.391 e. The van der Waals surface area contributed by atoms with Gasteiger partial charge >= 0.3 is 0 Å². The average molecular weight is 306 g/mol. The number of aliphatic hydroxyl groups excluding tert-OH is 1. The minimum atomic E-state index is -0.498. The Labute approximate surface area is 127 Å². The molecule has 21 heavy (non-hydrogen) atoms. The number of likely N-dealkylation sites (tertiary alicyclic amines) is 1. The number of rotatable bonds is 4. The van der Waals surface area contributed by atoms with Gasteiger partial charge in [-0.1, -0.05) is 11.2 Å². The zero-order valence-electron chi connectivity index (χ0n) is 11.9. The van der Waals surface area contributed by atoms with Crippen LogP contribution in [0.5, 0.6) is 0 Å². The number of nitrogens with zero attached hydrogens (tertiary/aromatic N) is 2. The van der Waals surface area contributed by atoms with Crippen LogP contribution in [0.25, 0.3) is 0 Å². The fourth-order valence-corrected chi connectivity index (χ4v) is 3.40. The van der Waals surface area contributed by atoms with Crippen molar-refractivity contribution in [3.05, 3.63) is 39.9 Å². The van der Waals surface area contributed by atoms with Gasteiger partial charge in [0.05, 0.1) is 18.2 Å². The third-order valence-corrected chi connectivity index (χ3v) is 4.68. The van der Waals surface area contributed by atoms with Crippen LogP contribution < -0.4 is 0 Å². The average Bonchev–Trinajstić information content (AvgIpc) is 3.14. The molecule has 0 aliphatic carbocycles. The third-order valence-electron chi connectivity index (χ3n) is 3.80. The molecule has 2 aromatic heterocycles. The van der Waals surface area contributed by atoms with Gasteiger partial charge in [0.15, 0.2) is 0 Å². The fraction of sp³-hybridized carbons (Fsp3) is 0.467.